The molecule has 2 bridgehead atoms. The van der Waals surface area contributed by atoms with Gasteiger partial charge in [0, 0.05) is 58.7 Å². The number of methoxy groups -OCH3 is 1. The molecule has 10 nitrogen and oxygen atoms in total. The highest BCUT2D eigenvalue weighted by Gasteiger charge is 2.47. The van der Waals surface area contributed by atoms with E-state index >= 15 is 0 Å². The number of fused-ring (bicyclic) bond motifs is 5. The lowest BCUT2D eigenvalue weighted by molar-refractivity contribution is 0.0700. The van der Waals surface area contributed by atoms with Crippen LogP contribution in [0, 0.1) is 11.8 Å². The van der Waals surface area contributed by atoms with E-state index in [0.29, 0.717) is 29.7 Å². The van der Waals surface area contributed by atoms with Crippen LogP contribution in [-0.2, 0) is 11.8 Å². The van der Waals surface area contributed by atoms with Crippen molar-refractivity contribution in [2.75, 3.05) is 13.7 Å². The largest absolute Gasteiger partial charge is 0.494 e. The summed E-state index contributed by atoms with van der Waals surface area (Å²) in [4.78, 5) is 41.5. The van der Waals surface area contributed by atoms with Crippen LogP contribution >= 0.6 is 0 Å². The van der Waals surface area contributed by atoms with Gasteiger partial charge in [-0.2, -0.15) is 0 Å². The zero-order chi connectivity index (χ0) is 33.8. The molecular formula is C36H38B3N7O3. The molecule has 9 rings (SSSR count). The SMILES string of the molecule is BC(B)(B)n1c(-c2cc3ccc(-c4cccc5[nH]c(=O)ccc45)nc3n2CC2CC2)nc2cc(C(=O)N3CC4CCC3C4N)cc(OC)c21. The fraction of sp³-hybridized carbons (Fsp3) is 0.333. The summed E-state index contributed by atoms with van der Waals surface area (Å²) in [5.74, 6) is 2.39. The topological polar surface area (TPSA) is 124 Å². The molecule has 6 aromatic rings. The number of nitrogens with one attached hydrogen (secondary N) is 1. The number of pyridine rings is 2. The Hall–Kier alpha value is -4.77. The normalized spacial score (nSPS) is 20.6. The number of carbonyl (C=O) groups excluding carboxylic acids is 1. The number of likely N-dealkylation sites (tertiary alicyclic amines) is 1. The van der Waals surface area contributed by atoms with Crippen LogP contribution < -0.4 is 16.0 Å². The number of benzene rings is 2. The minimum Gasteiger partial charge on any atom is -0.494 e. The van der Waals surface area contributed by atoms with Crippen LogP contribution in [0.5, 0.6) is 5.75 Å². The van der Waals surface area contributed by atoms with Crippen molar-refractivity contribution in [2.24, 2.45) is 17.6 Å². The van der Waals surface area contributed by atoms with E-state index in [-0.39, 0.29) is 28.8 Å². The van der Waals surface area contributed by atoms with E-state index in [4.69, 9.17) is 20.4 Å². The number of carbonyl (C=O) groups is 1. The molecule has 2 aromatic carbocycles. The lowest BCUT2D eigenvalue weighted by atomic mass is 9.49. The number of aromatic amines is 1. The lowest BCUT2D eigenvalue weighted by Crippen LogP contribution is -2.41. The number of ether oxygens (including phenoxy) is 1. The first kappa shape index (κ1) is 30.3. The zero-order valence-corrected chi connectivity index (χ0v) is 28.4. The van der Waals surface area contributed by atoms with Crippen molar-refractivity contribution in [1.82, 2.24) is 29.0 Å². The van der Waals surface area contributed by atoms with Crippen molar-refractivity contribution in [3.63, 3.8) is 0 Å². The van der Waals surface area contributed by atoms with Gasteiger partial charge >= 0.3 is 0 Å². The molecule has 2 saturated carbocycles. The maximum Gasteiger partial charge on any atom is 0.254 e. The van der Waals surface area contributed by atoms with Gasteiger partial charge in [0.05, 0.1) is 24.0 Å². The molecule has 244 valence electrons. The van der Waals surface area contributed by atoms with E-state index in [0.717, 1.165) is 75.1 Å². The predicted octanol–water partition coefficient (Wildman–Crippen LogP) is 2.01. The van der Waals surface area contributed by atoms with Gasteiger partial charge in [0.2, 0.25) is 5.56 Å². The van der Waals surface area contributed by atoms with Gasteiger partial charge in [-0.3, -0.25) is 9.59 Å². The second-order valence-electron chi connectivity index (χ2n) is 15.2. The van der Waals surface area contributed by atoms with Gasteiger partial charge in [-0.15, -0.1) is 0 Å². The van der Waals surface area contributed by atoms with Crippen molar-refractivity contribution in [3.05, 3.63) is 76.6 Å². The summed E-state index contributed by atoms with van der Waals surface area (Å²) in [5, 5.41) is 1.62. The smallest absolute Gasteiger partial charge is 0.254 e. The summed E-state index contributed by atoms with van der Waals surface area (Å²) in [6, 6.07) is 19.7. The van der Waals surface area contributed by atoms with Gasteiger partial charge in [0.1, 0.15) is 40.5 Å². The highest BCUT2D eigenvalue weighted by molar-refractivity contribution is 6.57. The van der Waals surface area contributed by atoms with Gasteiger partial charge in [0.15, 0.2) is 5.82 Å². The molecule has 13 heteroatoms. The van der Waals surface area contributed by atoms with E-state index < -0.39 is 0 Å². The third-order valence-corrected chi connectivity index (χ3v) is 10.9. The molecule has 0 radical (unpaired) electrons. The van der Waals surface area contributed by atoms with Gasteiger partial charge < -0.3 is 29.5 Å². The monoisotopic (exact) mass is 649 g/mol. The number of H-pyrrole nitrogens is 1. The van der Waals surface area contributed by atoms with E-state index in [9.17, 15) is 9.59 Å². The van der Waals surface area contributed by atoms with E-state index in [1.807, 2.05) is 35.2 Å². The third kappa shape index (κ3) is 4.84. The third-order valence-electron chi connectivity index (χ3n) is 10.9. The minimum absolute atomic E-state index is 0.00760. The lowest BCUT2D eigenvalue weighted by Gasteiger charge is -2.28. The molecule has 1 amide bonds. The van der Waals surface area contributed by atoms with Gasteiger partial charge in [-0.25, -0.2) is 9.97 Å². The number of imidazole rings is 1. The molecule has 5 heterocycles. The average Bonchev–Trinajstić information content (AvgIpc) is 3.40. The van der Waals surface area contributed by atoms with Crippen LogP contribution in [0.1, 0.15) is 36.0 Å². The molecular weight excluding hydrogens is 611 g/mol. The Labute approximate surface area is 286 Å². The Bertz CT molecular complexity index is 2390. The summed E-state index contributed by atoms with van der Waals surface area (Å²) in [5.41, 5.74) is 13.0. The Morgan fingerprint density at radius 2 is 1.88 bits per heavy atom. The van der Waals surface area contributed by atoms with Crippen LogP contribution in [0.2, 0.25) is 0 Å². The molecule has 4 aromatic heterocycles. The molecule has 3 aliphatic rings. The predicted molar refractivity (Wildman–Crippen MR) is 200 cm³/mol. The van der Waals surface area contributed by atoms with Crippen molar-refractivity contribution >= 4 is 62.4 Å². The molecule has 1 aliphatic heterocycles. The minimum atomic E-state index is -0.358. The van der Waals surface area contributed by atoms with E-state index in [1.54, 1.807) is 13.2 Å². The molecule has 3 unspecified atom stereocenters. The van der Waals surface area contributed by atoms with E-state index in [1.165, 1.54) is 12.8 Å². The Morgan fingerprint density at radius 3 is 2.59 bits per heavy atom. The summed E-state index contributed by atoms with van der Waals surface area (Å²) in [6.45, 7) is 1.55. The number of nitrogens with two attached hydrogens (primary N) is 1. The number of amides is 1. The number of hydrogen-bond acceptors (Lipinski definition) is 6. The fourth-order valence-corrected chi connectivity index (χ4v) is 8.34. The quantitative estimate of drug-likeness (QED) is 0.255. The van der Waals surface area contributed by atoms with Crippen LogP contribution in [0.3, 0.4) is 0 Å². The van der Waals surface area contributed by atoms with Crippen molar-refractivity contribution < 1.29 is 9.53 Å². The van der Waals surface area contributed by atoms with Crippen molar-refractivity contribution in [2.45, 2.75) is 49.5 Å². The maximum absolute atomic E-state index is 14.0. The number of aromatic nitrogens is 5. The second-order valence-corrected chi connectivity index (χ2v) is 15.2. The first-order chi connectivity index (χ1) is 23.6. The highest BCUT2D eigenvalue weighted by atomic mass is 16.5. The fourth-order valence-electron chi connectivity index (χ4n) is 8.34. The van der Waals surface area contributed by atoms with Crippen LogP contribution in [-0.4, -0.2) is 84.2 Å². The number of piperidine rings is 1. The van der Waals surface area contributed by atoms with Crippen molar-refractivity contribution in [1.29, 1.82) is 0 Å². The number of rotatable bonds is 7. The summed E-state index contributed by atoms with van der Waals surface area (Å²) in [6.07, 6.45) is 4.42. The Balaban J connectivity index is 1.22. The first-order valence-corrected chi connectivity index (χ1v) is 17.4. The van der Waals surface area contributed by atoms with Crippen LogP contribution in [0.15, 0.2) is 65.5 Å². The molecule has 1 saturated heterocycles. The summed E-state index contributed by atoms with van der Waals surface area (Å²) in [7, 11) is 8.18. The van der Waals surface area contributed by atoms with Gasteiger partial charge in [0.25, 0.3) is 5.91 Å². The Morgan fingerprint density at radius 1 is 1.04 bits per heavy atom. The molecule has 2 aliphatic carbocycles. The molecule has 3 fully saturated rings. The molecule has 3 atom stereocenters. The molecule has 49 heavy (non-hydrogen) atoms. The van der Waals surface area contributed by atoms with Crippen LogP contribution in [0.25, 0.3) is 55.7 Å². The molecule has 3 N–H and O–H groups in total. The maximum atomic E-state index is 14.0. The van der Waals surface area contributed by atoms with E-state index in [2.05, 4.69) is 61.9 Å². The summed E-state index contributed by atoms with van der Waals surface area (Å²) < 4.78 is 10.6. The Kier molecular flexibility index (Phi) is 6.72. The average molecular weight is 649 g/mol. The van der Waals surface area contributed by atoms with Crippen LogP contribution in [0.4, 0.5) is 0 Å². The second kappa shape index (κ2) is 10.9. The zero-order valence-electron chi connectivity index (χ0n) is 28.4. The number of nitrogens with zero attached hydrogens (tertiary/aromatic N) is 5. The van der Waals surface area contributed by atoms with Gasteiger partial charge in [-0.05, 0) is 85.2 Å². The highest BCUT2D eigenvalue weighted by Crippen LogP contribution is 2.41. The standard InChI is InChI=1S/C36H38B3N7O3/c1-49-29-15-21(35(48)45-17-20-8-11-27(45)31(20)40)13-26-32(29)46(36(37,38)39)34(43-26)28-14-19-7-10-25(42-33(19)44(28)16-18-5-6-18)22-3-2-4-24-23(22)9-12-30(47)41-24/h2-4,7,9-10,12-15,18,20,27,31H,5-6,8,11,16-17,37-40H2,1H3,(H,41,47). The first-order valence-electron chi connectivity index (χ1n) is 17.4. The number of hydrogen-bond donors (Lipinski definition) is 2. The molecule has 0 spiro atoms. The van der Waals surface area contributed by atoms with Crippen molar-refractivity contribution in [3.8, 4) is 28.5 Å². The summed E-state index contributed by atoms with van der Waals surface area (Å²) >= 11 is 0. The van der Waals surface area contributed by atoms with Gasteiger partial charge in [-0.1, -0.05) is 12.1 Å².